The van der Waals surface area contributed by atoms with Crippen molar-refractivity contribution < 1.29 is 23.5 Å². The molecule has 1 N–H and O–H groups in total. The van der Waals surface area contributed by atoms with Crippen LogP contribution in [0.3, 0.4) is 0 Å². The Morgan fingerprint density at radius 3 is 2.62 bits per heavy atom. The topological polar surface area (TPSA) is 77.8 Å². The molecule has 6 nitrogen and oxygen atoms in total. The molecule has 0 aliphatic heterocycles. The number of rotatable bonds is 8. The van der Waals surface area contributed by atoms with E-state index in [0.29, 0.717) is 12.4 Å². The van der Waals surface area contributed by atoms with Crippen LogP contribution >= 0.6 is 0 Å². The first-order valence-electron chi connectivity index (χ1n) is 9.40. The van der Waals surface area contributed by atoms with Gasteiger partial charge in [-0.2, -0.15) is 0 Å². The summed E-state index contributed by atoms with van der Waals surface area (Å²) in [5, 5.41) is 3.72. The Labute approximate surface area is 169 Å². The molecule has 0 aliphatic carbocycles. The second-order valence-electron chi connectivity index (χ2n) is 6.42. The molecular formula is C23H23NO5. The van der Waals surface area contributed by atoms with E-state index in [2.05, 4.69) is 5.32 Å². The van der Waals surface area contributed by atoms with Gasteiger partial charge in [0.05, 0.1) is 12.6 Å². The summed E-state index contributed by atoms with van der Waals surface area (Å²) < 4.78 is 16.1. The quantitative estimate of drug-likeness (QED) is 0.457. The highest BCUT2D eigenvalue weighted by molar-refractivity contribution is 5.89. The van der Waals surface area contributed by atoms with Gasteiger partial charge in [-0.3, -0.25) is 4.79 Å². The SMILES string of the molecule is CCOc1ccc(/C=C/C(=O)OCC(=O)N[C@H](C)c2cc3ccccc3o2)cc1. The lowest BCUT2D eigenvalue weighted by Crippen LogP contribution is -2.30. The Morgan fingerprint density at radius 2 is 1.90 bits per heavy atom. The summed E-state index contributed by atoms with van der Waals surface area (Å²) in [6.45, 7) is 3.95. The van der Waals surface area contributed by atoms with E-state index in [-0.39, 0.29) is 12.6 Å². The summed E-state index contributed by atoms with van der Waals surface area (Å²) in [7, 11) is 0. The zero-order valence-electron chi connectivity index (χ0n) is 16.4. The number of amides is 1. The minimum atomic E-state index is -0.592. The molecular weight excluding hydrogens is 370 g/mol. The van der Waals surface area contributed by atoms with Crippen LogP contribution in [0.15, 0.2) is 65.1 Å². The molecule has 0 saturated heterocycles. The van der Waals surface area contributed by atoms with E-state index in [1.807, 2.05) is 68.4 Å². The van der Waals surface area contributed by atoms with E-state index in [1.165, 1.54) is 6.08 Å². The van der Waals surface area contributed by atoms with Crippen molar-refractivity contribution in [1.29, 1.82) is 0 Å². The van der Waals surface area contributed by atoms with Crippen LogP contribution in [0.25, 0.3) is 17.0 Å². The summed E-state index contributed by atoms with van der Waals surface area (Å²) in [6, 6.07) is 16.5. The van der Waals surface area contributed by atoms with Crippen LogP contribution < -0.4 is 10.1 Å². The lowest BCUT2D eigenvalue weighted by molar-refractivity contribution is -0.144. The molecule has 1 aromatic heterocycles. The number of ether oxygens (including phenoxy) is 2. The molecule has 0 bridgehead atoms. The third-order valence-electron chi connectivity index (χ3n) is 4.20. The minimum Gasteiger partial charge on any atom is -0.494 e. The highest BCUT2D eigenvalue weighted by Gasteiger charge is 2.15. The number of hydrogen-bond donors (Lipinski definition) is 1. The average Bonchev–Trinajstić information content (AvgIpc) is 3.16. The van der Waals surface area contributed by atoms with Gasteiger partial charge in [0, 0.05) is 11.5 Å². The summed E-state index contributed by atoms with van der Waals surface area (Å²) in [5.41, 5.74) is 1.59. The minimum absolute atomic E-state index is 0.340. The molecule has 3 aromatic rings. The summed E-state index contributed by atoms with van der Waals surface area (Å²) in [5.74, 6) is 0.412. The number of furan rings is 1. The van der Waals surface area contributed by atoms with Gasteiger partial charge in [0.2, 0.25) is 0 Å². The van der Waals surface area contributed by atoms with Crippen molar-refractivity contribution in [3.8, 4) is 5.75 Å². The molecule has 0 saturated carbocycles. The zero-order chi connectivity index (χ0) is 20.6. The van der Waals surface area contributed by atoms with Gasteiger partial charge in [-0.1, -0.05) is 30.3 Å². The number of nitrogens with one attached hydrogen (secondary N) is 1. The van der Waals surface area contributed by atoms with Crippen molar-refractivity contribution in [3.05, 3.63) is 72.0 Å². The van der Waals surface area contributed by atoms with Crippen LogP contribution in [-0.4, -0.2) is 25.1 Å². The lowest BCUT2D eigenvalue weighted by atomic mass is 10.2. The summed E-state index contributed by atoms with van der Waals surface area (Å²) >= 11 is 0. The van der Waals surface area contributed by atoms with Crippen LogP contribution in [-0.2, 0) is 14.3 Å². The number of para-hydroxylation sites is 1. The molecule has 1 amide bonds. The van der Waals surface area contributed by atoms with E-state index in [0.717, 1.165) is 22.3 Å². The predicted molar refractivity (Wildman–Crippen MR) is 110 cm³/mol. The average molecular weight is 393 g/mol. The standard InChI is InChI=1S/C23H23NO5/c1-3-27-19-11-8-17(9-12-19)10-13-23(26)28-15-22(25)24-16(2)21-14-18-6-4-5-7-20(18)29-21/h4-14,16H,3,15H2,1-2H3,(H,24,25)/b13-10+/t16-/m1/s1. The maximum absolute atomic E-state index is 12.1. The maximum Gasteiger partial charge on any atom is 0.331 e. The van der Waals surface area contributed by atoms with Crippen molar-refractivity contribution in [2.45, 2.75) is 19.9 Å². The number of carbonyl (C=O) groups is 2. The van der Waals surface area contributed by atoms with Gasteiger partial charge in [-0.05, 0) is 49.8 Å². The number of fused-ring (bicyclic) bond motifs is 1. The van der Waals surface area contributed by atoms with Gasteiger partial charge >= 0.3 is 5.97 Å². The molecule has 1 heterocycles. The van der Waals surface area contributed by atoms with Crippen molar-refractivity contribution in [2.75, 3.05) is 13.2 Å². The fourth-order valence-corrected chi connectivity index (χ4v) is 2.76. The predicted octanol–water partition coefficient (Wildman–Crippen LogP) is 4.27. The first kappa shape index (κ1) is 20.2. The lowest BCUT2D eigenvalue weighted by Gasteiger charge is -2.11. The summed E-state index contributed by atoms with van der Waals surface area (Å²) in [6.07, 6.45) is 2.90. The second-order valence-corrected chi connectivity index (χ2v) is 6.42. The molecule has 2 aromatic carbocycles. The summed E-state index contributed by atoms with van der Waals surface area (Å²) in [4.78, 5) is 23.9. The van der Waals surface area contributed by atoms with Gasteiger partial charge in [0.25, 0.3) is 5.91 Å². The molecule has 1 atom stereocenters. The second kappa shape index (κ2) is 9.59. The Morgan fingerprint density at radius 1 is 1.14 bits per heavy atom. The van der Waals surface area contributed by atoms with Gasteiger partial charge in [-0.25, -0.2) is 4.79 Å². The van der Waals surface area contributed by atoms with E-state index in [4.69, 9.17) is 13.9 Å². The van der Waals surface area contributed by atoms with E-state index < -0.39 is 11.9 Å². The first-order valence-corrected chi connectivity index (χ1v) is 9.40. The van der Waals surface area contributed by atoms with Crippen molar-refractivity contribution in [2.24, 2.45) is 0 Å². The Hall–Kier alpha value is -3.54. The van der Waals surface area contributed by atoms with Crippen LogP contribution in [0.1, 0.15) is 31.2 Å². The largest absolute Gasteiger partial charge is 0.494 e. The molecule has 150 valence electrons. The zero-order valence-corrected chi connectivity index (χ0v) is 16.4. The monoisotopic (exact) mass is 393 g/mol. The third-order valence-corrected chi connectivity index (χ3v) is 4.20. The maximum atomic E-state index is 12.1. The van der Waals surface area contributed by atoms with Gasteiger partial charge in [0.15, 0.2) is 6.61 Å². The molecule has 0 fully saturated rings. The molecule has 3 rings (SSSR count). The van der Waals surface area contributed by atoms with Crippen molar-refractivity contribution in [1.82, 2.24) is 5.32 Å². The van der Waals surface area contributed by atoms with Gasteiger partial charge in [0.1, 0.15) is 17.1 Å². The van der Waals surface area contributed by atoms with Crippen molar-refractivity contribution >= 4 is 28.9 Å². The molecule has 0 spiro atoms. The Balaban J connectivity index is 1.46. The number of benzene rings is 2. The van der Waals surface area contributed by atoms with Crippen LogP contribution in [0.5, 0.6) is 5.75 Å². The number of carbonyl (C=O) groups excluding carboxylic acids is 2. The fraction of sp³-hybridized carbons (Fsp3) is 0.217. The molecule has 0 aliphatic rings. The highest BCUT2D eigenvalue weighted by atomic mass is 16.5. The van der Waals surface area contributed by atoms with Crippen molar-refractivity contribution in [3.63, 3.8) is 0 Å². The fourth-order valence-electron chi connectivity index (χ4n) is 2.76. The van der Waals surface area contributed by atoms with E-state index >= 15 is 0 Å². The van der Waals surface area contributed by atoms with Gasteiger partial charge < -0.3 is 19.2 Å². The number of hydrogen-bond acceptors (Lipinski definition) is 5. The third kappa shape index (κ3) is 5.72. The van der Waals surface area contributed by atoms with Crippen LogP contribution in [0.2, 0.25) is 0 Å². The smallest absolute Gasteiger partial charge is 0.331 e. The Bertz CT molecular complexity index is 971. The molecule has 0 radical (unpaired) electrons. The molecule has 29 heavy (non-hydrogen) atoms. The van der Waals surface area contributed by atoms with E-state index in [9.17, 15) is 9.59 Å². The van der Waals surface area contributed by atoms with Crippen LogP contribution in [0.4, 0.5) is 0 Å². The molecule has 0 unspecified atom stereocenters. The van der Waals surface area contributed by atoms with Crippen LogP contribution in [0, 0.1) is 0 Å². The first-order chi connectivity index (χ1) is 14.0. The van der Waals surface area contributed by atoms with Gasteiger partial charge in [-0.15, -0.1) is 0 Å². The molecule has 6 heteroatoms. The normalized spacial score (nSPS) is 12.1. The van der Waals surface area contributed by atoms with E-state index in [1.54, 1.807) is 6.08 Å². The highest BCUT2D eigenvalue weighted by Crippen LogP contribution is 2.23. The number of esters is 1. The Kier molecular flexibility index (Phi) is 6.68.